The highest BCUT2D eigenvalue weighted by atomic mass is 16.4. The first-order chi connectivity index (χ1) is 19.7. The average Bonchev–Trinajstić information content (AvgIpc) is 2.91. The van der Waals surface area contributed by atoms with Crippen molar-refractivity contribution < 1.29 is 19.8 Å². The second kappa shape index (κ2) is 27.8. The Bertz CT molecular complexity index is 566. The van der Waals surface area contributed by atoms with Crippen molar-refractivity contribution in [3.05, 3.63) is 0 Å². The quantitative estimate of drug-likeness (QED) is 0.0776. The molecular formula is C37H72O4. The molecule has 0 saturated carbocycles. The van der Waals surface area contributed by atoms with E-state index in [9.17, 15) is 14.7 Å². The van der Waals surface area contributed by atoms with Crippen molar-refractivity contribution in [1.82, 2.24) is 0 Å². The van der Waals surface area contributed by atoms with Crippen LogP contribution in [-0.4, -0.2) is 22.2 Å². The molecule has 0 aromatic rings. The number of carbonyl (C=O) groups is 2. The maximum absolute atomic E-state index is 12.5. The molecule has 0 aliphatic rings. The van der Waals surface area contributed by atoms with E-state index in [4.69, 9.17) is 5.11 Å². The van der Waals surface area contributed by atoms with Crippen LogP contribution in [0.3, 0.4) is 0 Å². The van der Waals surface area contributed by atoms with Crippen LogP contribution < -0.4 is 0 Å². The van der Waals surface area contributed by atoms with Crippen LogP contribution in [0.15, 0.2) is 0 Å². The summed E-state index contributed by atoms with van der Waals surface area (Å²) in [5.41, 5.74) is -0.662. The number of aliphatic carboxylic acids is 2. The normalized spacial score (nSPS) is 12.0. The molecule has 0 aliphatic carbocycles. The van der Waals surface area contributed by atoms with Gasteiger partial charge in [-0.05, 0) is 37.5 Å². The first-order valence-corrected chi connectivity index (χ1v) is 18.1. The molecule has 0 radical (unpaired) electrons. The average molecular weight is 581 g/mol. The fourth-order valence-electron chi connectivity index (χ4n) is 6.30. The van der Waals surface area contributed by atoms with E-state index in [1.54, 1.807) is 0 Å². The lowest BCUT2D eigenvalue weighted by molar-refractivity contribution is -0.150. The third kappa shape index (κ3) is 26.3. The number of carboxylic acids is 2. The van der Waals surface area contributed by atoms with Gasteiger partial charge in [-0.15, -0.1) is 0 Å². The summed E-state index contributed by atoms with van der Waals surface area (Å²) < 4.78 is 0. The summed E-state index contributed by atoms with van der Waals surface area (Å²) in [6.45, 7) is 9.22. The molecule has 0 rings (SSSR count). The number of carboxylic acid groups (broad SMARTS) is 2. The minimum atomic E-state index is -0.781. The Hall–Kier alpha value is -1.06. The van der Waals surface area contributed by atoms with Crippen molar-refractivity contribution in [2.45, 2.75) is 207 Å². The zero-order valence-corrected chi connectivity index (χ0v) is 28.2. The standard InChI is InChI=1S/C37H72O4/c1-33(2)27-21-17-13-9-5-7-11-15-19-24-30-37(36(40)41,32-26-23-29-35(38)39)31-25-20-16-12-8-6-10-14-18-22-28-34(3)4/h33-34H,5-32H2,1-4H3,(H,38,39)(H,40,41). The molecule has 4 heteroatoms. The third-order valence-electron chi connectivity index (χ3n) is 9.12. The van der Waals surface area contributed by atoms with Gasteiger partial charge in [0.15, 0.2) is 0 Å². The minimum Gasteiger partial charge on any atom is -0.481 e. The van der Waals surface area contributed by atoms with E-state index in [0.29, 0.717) is 19.3 Å². The predicted molar refractivity (Wildman–Crippen MR) is 177 cm³/mol. The Morgan fingerprint density at radius 1 is 0.439 bits per heavy atom. The molecule has 0 aliphatic heterocycles. The van der Waals surface area contributed by atoms with Gasteiger partial charge in [0.05, 0.1) is 5.41 Å². The number of rotatable bonds is 32. The Kier molecular flexibility index (Phi) is 27.0. The van der Waals surface area contributed by atoms with Crippen molar-refractivity contribution >= 4 is 11.9 Å². The number of hydrogen-bond acceptors (Lipinski definition) is 2. The van der Waals surface area contributed by atoms with Gasteiger partial charge in [0.1, 0.15) is 0 Å². The Labute approximate surface area is 256 Å². The van der Waals surface area contributed by atoms with Gasteiger partial charge in [-0.2, -0.15) is 0 Å². The fraction of sp³-hybridized carbons (Fsp3) is 0.946. The monoisotopic (exact) mass is 581 g/mol. The van der Waals surface area contributed by atoms with E-state index in [1.165, 1.54) is 116 Å². The Balaban J connectivity index is 4.24. The summed E-state index contributed by atoms with van der Waals surface area (Å²) in [7, 11) is 0. The molecular weight excluding hydrogens is 508 g/mol. The summed E-state index contributed by atoms with van der Waals surface area (Å²) in [5, 5.41) is 19.3. The first-order valence-electron chi connectivity index (χ1n) is 18.1. The topological polar surface area (TPSA) is 74.6 Å². The maximum Gasteiger partial charge on any atom is 0.309 e. The summed E-state index contributed by atoms with van der Waals surface area (Å²) in [6, 6.07) is 0. The van der Waals surface area contributed by atoms with Crippen LogP contribution in [0.2, 0.25) is 0 Å². The zero-order chi connectivity index (χ0) is 30.6. The van der Waals surface area contributed by atoms with Crippen molar-refractivity contribution in [2.24, 2.45) is 17.3 Å². The van der Waals surface area contributed by atoms with Crippen molar-refractivity contribution in [3.63, 3.8) is 0 Å². The lowest BCUT2D eigenvalue weighted by atomic mass is 9.74. The van der Waals surface area contributed by atoms with E-state index in [1.807, 2.05) is 0 Å². The van der Waals surface area contributed by atoms with Crippen molar-refractivity contribution in [1.29, 1.82) is 0 Å². The Morgan fingerprint density at radius 2 is 0.707 bits per heavy atom. The molecule has 2 N–H and O–H groups in total. The minimum absolute atomic E-state index is 0.144. The third-order valence-corrected chi connectivity index (χ3v) is 9.12. The second-order valence-electron chi connectivity index (χ2n) is 14.1. The number of unbranched alkanes of at least 4 members (excludes halogenated alkanes) is 19. The van der Waals surface area contributed by atoms with E-state index in [0.717, 1.165) is 50.4 Å². The summed E-state index contributed by atoms with van der Waals surface area (Å²) in [5.74, 6) is 0.224. The molecule has 0 saturated heterocycles. The van der Waals surface area contributed by atoms with Crippen molar-refractivity contribution in [3.8, 4) is 0 Å². The lowest BCUT2D eigenvalue weighted by Gasteiger charge is -2.30. The van der Waals surface area contributed by atoms with Crippen LogP contribution >= 0.6 is 0 Å². The fourth-order valence-corrected chi connectivity index (χ4v) is 6.30. The summed E-state index contributed by atoms with van der Waals surface area (Å²) in [6.07, 6.45) is 31.7. The van der Waals surface area contributed by atoms with Gasteiger partial charge in [-0.1, -0.05) is 175 Å². The molecule has 0 atom stereocenters. The van der Waals surface area contributed by atoms with Gasteiger partial charge >= 0.3 is 11.9 Å². The summed E-state index contributed by atoms with van der Waals surface area (Å²) in [4.78, 5) is 23.5. The highest BCUT2D eigenvalue weighted by Gasteiger charge is 2.36. The molecule has 0 fully saturated rings. The Morgan fingerprint density at radius 3 is 0.976 bits per heavy atom. The first kappa shape index (κ1) is 39.9. The molecule has 0 aromatic carbocycles. The van der Waals surface area contributed by atoms with Crippen LogP contribution in [0.4, 0.5) is 0 Å². The molecule has 4 nitrogen and oxygen atoms in total. The molecule has 0 heterocycles. The van der Waals surface area contributed by atoms with Gasteiger partial charge < -0.3 is 10.2 Å². The molecule has 0 bridgehead atoms. The van der Waals surface area contributed by atoms with Crippen LogP contribution in [-0.2, 0) is 9.59 Å². The molecule has 244 valence electrons. The maximum atomic E-state index is 12.5. The number of hydrogen-bond donors (Lipinski definition) is 2. The smallest absolute Gasteiger partial charge is 0.309 e. The predicted octanol–water partition coefficient (Wildman–Crippen LogP) is 12.4. The molecule has 0 unspecified atom stereocenters. The van der Waals surface area contributed by atoms with Crippen LogP contribution in [0.1, 0.15) is 207 Å². The largest absolute Gasteiger partial charge is 0.481 e. The van der Waals surface area contributed by atoms with Crippen LogP contribution in [0.5, 0.6) is 0 Å². The molecule has 0 spiro atoms. The highest BCUT2D eigenvalue weighted by molar-refractivity contribution is 5.74. The lowest BCUT2D eigenvalue weighted by Crippen LogP contribution is -2.31. The van der Waals surface area contributed by atoms with Gasteiger partial charge in [0.25, 0.3) is 0 Å². The van der Waals surface area contributed by atoms with Crippen LogP contribution in [0, 0.1) is 17.3 Å². The van der Waals surface area contributed by atoms with E-state index >= 15 is 0 Å². The van der Waals surface area contributed by atoms with E-state index in [2.05, 4.69) is 27.7 Å². The second-order valence-corrected chi connectivity index (χ2v) is 14.1. The van der Waals surface area contributed by atoms with E-state index in [-0.39, 0.29) is 6.42 Å². The van der Waals surface area contributed by atoms with Crippen LogP contribution in [0.25, 0.3) is 0 Å². The van der Waals surface area contributed by atoms with Gasteiger partial charge in [-0.25, -0.2) is 0 Å². The zero-order valence-electron chi connectivity index (χ0n) is 28.2. The molecule has 0 amide bonds. The van der Waals surface area contributed by atoms with Crippen molar-refractivity contribution in [2.75, 3.05) is 0 Å². The molecule has 0 aromatic heterocycles. The van der Waals surface area contributed by atoms with Gasteiger partial charge in [0, 0.05) is 6.42 Å². The SMILES string of the molecule is CC(C)CCCCCCCCCCCCC(CCCCCCCCCCCCC(C)C)(CCCCC(=O)O)C(=O)O. The highest BCUT2D eigenvalue weighted by Crippen LogP contribution is 2.38. The van der Waals surface area contributed by atoms with Gasteiger partial charge in [-0.3, -0.25) is 9.59 Å². The summed E-state index contributed by atoms with van der Waals surface area (Å²) >= 11 is 0. The molecule has 41 heavy (non-hydrogen) atoms. The van der Waals surface area contributed by atoms with E-state index < -0.39 is 17.4 Å². The van der Waals surface area contributed by atoms with Gasteiger partial charge in [0.2, 0.25) is 0 Å².